The smallest absolute Gasteiger partial charge is 0.100 e. The van der Waals surface area contributed by atoms with Gasteiger partial charge in [-0.1, -0.05) is 13.8 Å². The summed E-state index contributed by atoms with van der Waals surface area (Å²) < 4.78 is 6.15. The largest absolute Gasteiger partial charge is 0.387 e. The zero-order valence-corrected chi connectivity index (χ0v) is 13.6. The summed E-state index contributed by atoms with van der Waals surface area (Å²) in [4.78, 5) is 6.55. The fourth-order valence-corrected chi connectivity index (χ4v) is 2.72. The number of aliphatic hydroxyl groups is 1. The van der Waals surface area contributed by atoms with E-state index in [0.29, 0.717) is 13.0 Å². The maximum Gasteiger partial charge on any atom is 0.100 e. The fraction of sp³-hybridized carbons (Fsp3) is 0.643. The number of hydrogen-bond acceptors (Lipinski definition) is 4. The molecular formula is C14H23BrN2O2. The van der Waals surface area contributed by atoms with Gasteiger partial charge in [-0.15, -0.1) is 0 Å². The molecule has 1 N–H and O–H groups in total. The van der Waals surface area contributed by atoms with Crippen molar-refractivity contribution in [1.82, 2.24) is 4.98 Å². The van der Waals surface area contributed by atoms with Gasteiger partial charge in [0.1, 0.15) is 6.10 Å². The van der Waals surface area contributed by atoms with Crippen LogP contribution < -0.4 is 4.90 Å². The van der Waals surface area contributed by atoms with Crippen molar-refractivity contribution in [2.75, 3.05) is 25.2 Å². The van der Waals surface area contributed by atoms with Gasteiger partial charge in [0, 0.05) is 30.7 Å². The van der Waals surface area contributed by atoms with Gasteiger partial charge in [-0.2, -0.15) is 0 Å². The third-order valence-electron chi connectivity index (χ3n) is 3.12. The molecule has 2 unspecified atom stereocenters. The molecule has 2 atom stereocenters. The van der Waals surface area contributed by atoms with Crippen molar-refractivity contribution >= 4 is 21.6 Å². The highest BCUT2D eigenvalue weighted by Gasteiger charge is 2.31. The van der Waals surface area contributed by atoms with Gasteiger partial charge in [-0.25, -0.2) is 0 Å². The summed E-state index contributed by atoms with van der Waals surface area (Å²) in [6, 6.07) is 2.22. The number of rotatable bonds is 3. The molecule has 0 saturated heterocycles. The summed E-state index contributed by atoms with van der Waals surface area (Å²) in [5.41, 5.74) is 1.77. The Balaban J connectivity index is 0.000000861. The van der Waals surface area contributed by atoms with E-state index in [1.165, 1.54) is 0 Å². The minimum atomic E-state index is -0.499. The number of methoxy groups -OCH3 is 1. The van der Waals surface area contributed by atoms with Crippen LogP contribution in [0.5, 0.6) is 0 Å². The predicted octanol–water partition coefficient (Wildman–Crippen LogP) is 3.15. The van der Waals surface area contributed by atoms with Crippen molar-refractivity contribution in [3.05, 3.63) is 22.4 Å². The van der Waals surface area contributed by atoms with Gasteiger partial charge < -0.3 is 14.7 Å². The van der Waals surface area contributed by atoms with Crippen molar-refractivity contribution in [3.63, 3.8) is 0 Å². The zero-order chi connectivity index (χ0) is 14.4. The van der Waals surface area contributed by atoms with Gasteiger partial charge in [0.2, 0.25) is 0 Å². The summed E-state index contributed by atoms with van der Waals surface area (Å²) in [6.07, 6.45) is 1.90. The third kappa shape index (κ3) is 3.68. The first-order valence-corrected chi connectivity index (χ1v) is 7.55. The molecule has 0 saturated carbocycles. The Morgan fingerprint density at radius 3 is 2.79 bits per heavy atom. The maximum atomic E-state index is 10.1. The minimum absolute atomic E-state index is 0.212. The number of halogens is 1. The van der Waals surface area contributed by atoms with Crippen LogP contribution in [0.1, 0.15) is 39.0 Å². The van der Waals surface area contributed by atoms with Gasteiger partial charge >= 0.3 is 0 Å². The number of fused-ring (bicyclic) bond motifs is 1. The molecule has 1 aromatic heterocycles. The summed E-state index contributed by atoms with van der Waals surface area (Å²) in [5.74, 6) is 0. The highest BCUT2D eigenvalue weighted by Crippen LogP contribution is 2.36. The summed E-state index contributed by atoms with van der Waals surface area (Å²) in [5, 5.41) is 10.1. The Hall–Kier alpha value is -0.650. The Labute approximate surface area is 123 Å². The monoisotopic (exact) mass is 330 g/mol. The molecule has 0 aliphatic carbocycles. The highest BCUT2D eigenvalue weighted by molar-refractivity contribution is 9.10. The normalized spacial score (nSPS) is 21.5. The van der Waals surface area contributed by atoms with Gasteiger partial charge in [0.05, 0.1) is 24.0 Å². The van der Waals surface area contributed by atoms with E-state index in [2.05, 4.69) is 32.7 Å². The highest BCUT2D eigenvalue weighted by atomic mass is 79.9. The number of pyridine rings is 1. The Kier molecular flexibility index (Phi) is 6.75. The van der Waals surface area contributed by atoms with Gasteiger partial charge in [-0.05, 0) is 28.9 Å². The number of likely N-dealkylation sites (N-methyl/N-ethyl adjacent to an activating group) is 1. The summed E-state index contributed by atoms with van der Waals surface area (Å²) in [6.45, 7) is 7.60. The lowest BCUT2D eigenvalue weighted by molar-refractivity contribution is 0.108. The molecule has 19 heavy (non-hydrogen) atoms. The molecule has 0 fully saturated rings. The van der Waals surface area contributed by atoms with Crippen LogP contribution in [0.4, 0.5) is 5.69 Å². The number of nitrogens with zero attached hydrogens (tertiary/aromatic N) is 2. The molecule has 1 aliphatic heterocycles. The van der Waals surface area contributed by atoms with E-state index < -0.39 is 6.10 Å². The molecule has 1 aromatic rings. The lowest BCUT2D eigenvalue weighted by Crippen LogP contribution is -2.43. The Bertz CT molecular complexity index is 401. The average Bonchev–Trinajstić information content (AvgIpc) is 2.41. The molecule has 0 spiro atoms. The van der Waals surface area contributed by atoms with Crippen LogP contribution in [0, 0.1) is 0 Å². The van der Waals surface area contributed by atoms with Gasteiger partial charge in [0.15, 0.2) is 0 Å². The maximum absolute atomic E-state index is 10.1. The Morgan fingerprint density at radius 2 is 2.21 bits per heavy atom. The van der Waals surface area contributed by atoms with Crippen LogP contribution in [0.25, 0.3) is 0 Å². The van der Waals surface area contributed by atoms with E-state index >= 15 is 0 Å². The third-order valence-corrected chi connectivity index (χ3v) is 3.56. The molecule has 4 nitrogen and oxygen atoms in total. The van der Waals surface area contributed by atoms with Crippen LogP contribution in [-0.4, -0.2) is 36.4 Å². The molecule has 2 rings (SSSR count). The summed E-state index contributed by atoms with van der Waals surface area (Å²) in [7, 11) is 1.69. The molecule has 1 aliphatic rings. The van der Waals surface area contributed by atoms with Crippen LogP contribution in [0.3, 0.4) is 0 Å². The fourth-order valence-electron chi connectivity index (χ4n) is 2.40. The standard InChI is InChI=1S/C12H17BrN2O2.C2H6/c1-3-15-9(7-17-2)5-11(16)12-10(15)4-8(13)6-14-12;1-2/h4,6,9,11,16H,3,5,7H2,1-2H3;1-2H3. The Morgan fingerprint density at radius 1 is 1.53 bits per heavy atom. The van der Waals surface area contributed by atoms with Crippen molar-refractivity contribution < 1.29 is 9.84 Å². The van der Waals surface area contributed by atoms with Crippen LogP contribution in [0.2, 0.25) is 0 Å². The van der Waals surface area contributed by atoms with E-state index in [0.717, 1.165) is 22.4 Å². The van der Waals surface area contributed by atoms with Crippen LogP contribution in [-0.2, 0) is 4.74 Å². The quantitative estimate of drug-likeness (QED) is 0.924. The van der Waals surface area contributed by atoms with Crippen molar-refractivity contribution in [1.29, 1.82) is 0 Å². The number of hydrogen-bond donors (Lipinski definition) is 1. The van der Waals surface area contributed by atoms with Gasteiger partial charge in [0.25, 0.3) is 0 Å². The first-order chi connectivity index (χ1) is 9.17. The molecule has 0 bridgehead atoms. The lowest BCUT2D eigenvalue weighted by atomic mass is 9.97. The van der Waals surface area contributed by atoms with E-state index in [4.69, 9.17) is 4.74 Å². The molecular weight excluding hydrogens is 308 g/mol. The van der Waals surface area contributed by atoms with Crippen LogP contribution >= 0.6 is 15.9 Å². The second kappa shape index (κ2) is 7.82. The number of ether oxygens (including phenoxy) is 1. The average molecular weight is 331 g/mol. The first-order valence-electron chi connectivity index (χ1n) is 6.76. The second-order valence-corrected chi connectivity index (χ2v) is 5.12. The number of aromatic nitrogens is 1. The van der Waals surface area contributed by atoms with Crippen molar-refractivity contribution in [2.45, 2.75) is 39.3 Å². The number of anilines is 1. The van der Waals surface area contributed by atoms with Gasteiger partial charge in [-0.3, -0.25) is 4.98 Å². The zero-order valence-electron chi connectivity index (χ0n) is 12.1. The number of aliphatic hydroxyl groups excluding tert-OH is 1. The molecule has 5 heteroatoms. The first kappa shape index (κ1) is 16.4. The molecule has 0 aromatic carbocycles. The molecule has 2 heterocycles. The topological polar surface area (TPSA) is 45.6 Å². The molecule has 0 radical (unpaired) electrons. The second-order valence-electron chi connectivity index (χ2n) is 4.20. The van der Waals surface area contributed by atoms with Crippen LogP contribution in [0.15, 0.2) is 16.7 Å². The molecule has 108 valence electrons. The minimum Gasteiger partial charge on any atom is -0.387 e. The van der Waals surface area contributed by atoms with Crippen molar-refractivity contribution in [2.24, 2.45) is 0 Å². The lowest BCUT2D eigenvalue weighted by Gasteiger charge is -2.39. The van der Waals surface area contributed by atoms with E-state index in [1.54, 1.807) is 13.3 Å². The van der Waals surface area contributed by atoms with E-state index in [9.17, 15) is 5.11 Å². The van der Waals surface area contributed by atoms with E-state index in [-0.39, 0.29) is 6.04 Å². The SMILES string of the molecule is CC.CCN1c2cc(Br)cnc2C(O)CC1COC. The van der Waals surface area contributed by atoms with Crippen molar-refractivity contribution in [3.8, 4) is 0 Å². The summed E-state index contributed by atoms with van der Waals surface area (Å²) >= 11 is 3.42. The van der Waals surface area contributed by atoms with E-state index in [1.807, 2.05) is 19.9 Å². The predicted molar refractivity (Wildman–Crippen MR) is 81.5 cm³/mol. The molecule has 0 amide bonds.